The molecule has 0 saturated heterocycles. The van der Waals surface area contributed by atoms with Crippen molar-refractivity contribution in [1.29, 1.82) is 0 Å². The van der Waals surface area contributed by atoms with E-state index in [1.54, 1.807) is 0 Å². The molecule has 0 spiro atoms. The zero-order valence-electron chi connectivity index (χ0n) is 23.3. The van der Waals surface area contributed by atoms with Gasteiger partial charge in [-0.3, -0.25) is 0 Å². The van der Waals surface area contributed by atoms with Gasteiger partial charge >= 0.3 is 0 Å². The first-order valence-corrected chi connectivity index (χ1v) is 14.4. The maximum atomic E-state index is 5.08. The van der Waals surface area contributed by atoms with E-state index < -0.39 is 0 Å². The van der Waals surface area contributed by atoms with E-state index in [2.05, 4.69) is 102 Å². The Balaban J connectivity index is 1.45. The van der Waals surface area contributed by atoms with Crippen molar-refractivity contribution in [3.8, 4) is 51.0 Å². The van der Waals surface area contributed by atoms with E-state index in [0.717, 1.165) is 38.8 Å². The third-order valence-electron chi connectivity index (χ3n) is 7.85. The fourth-order valence-corrected chi connectivity index (χ4v) is 5.83. The average molecular weight is 551 g/mol. The van der Waals surface area contributed by atoms with Crippen LogP contribution in [0.1, 0.15) is 0 Å². The van der Waals surface area contributed by atoms with E-state index in [0.29, 0.717) is 17.5 Å². The van der Waals surface area contributed by atoms with Crippen LogP contribution in [0.15, 0.2) is 158 Å². The molecule has 4 nitrogen and oxygen atoms in total. The maximum absolute atomic E-state index is 5.08. The summed E-state index contributed by atoms with van der Waals surface area (Å²) in [5.41, 5.74) is 8.50. The second-order valence-electron chi connectivity index (χ2n) is 10.5. The van der Waals surface area contributed by atoms with E-state index in [-0.39, 0.29) is 0 Å². The molecule has 43 heavy (non-hydrogen) atoms. The van der Waals surface area contributed by atoms with Gasteiger partial charge in [-0.1, -0.05) is 133 Å². The molecule has 6 aromatic carbocycles. The highest BCUT2D eigenvalue weighted by molar-refractivity contribution is 6.14. The number of hydrogen-bond acceptors (Lipinski definition) is 3. The monoisotopic (exact) mass is 550 g/mol. The van der Waals surface area contributed by atoms with Gasteiger partial charge in [-0.05, 0) is 35.4 Å². The predicted molar refractivity (Wildman–Crippen MR) is 176 cm³/mol. The summed E-state index contributed by atoms with van der Waals surface area (Å²) in [4.78, 5) is 15.1. The van der Waals surface area contributed by atoms with E-state index in [1.165, 1.54) is 16.5 Å². The molecule has 0 N–H and O–H groups in total. The van der Waals surface area contributed by atoms with Crippen molar-refractivity contribution < 1.29 is 0 Å². The predicted octanol–water partition coefficient (Wildman–Crippen LogP) is 9.64. The van der Waals surface area contributed by atoms with Crippen LogP contribution in [0.3, 0.4) is 0 Å². The summed E-state index contributed by atoms with van der Waals surface area (Å²) in [6.45, 7) is 0. The topological polar surface area (TPSA) is 43.6 Å². The molecule has 4 heteroatoms. The lowest BCUT2D eigenvalue weighted by Gasteiger charge is -2.13. The second kappa shape index (κ2) is 10.5. The smallest absolute Gasteiger partial charge is 0.166 e. The molecule has 0 aliphatic rings. The van der Waals surface area contributed by atoms with Crippen LogP contribution in [-0.4, -0.2) is 19.5 Å². The molecule has 8 rings (SSSR count). The van der Waals surface area contributed by atoms with Gasteiger partial charge in [-0.25, -0.2) is 15.0 Å². The van der Waals surface area contributed by atoms with E-state index in [4.69, 9.17) is 15.0 Å². The lowest BCUT2D eigenvalue weighted by atomic mass is 10.0. The first-order chi connectivity index (χ1) is 21.3. The zero-order valence-corrected chi connectivity index (χ0v) is 23.3. The van der Waals surface area contributed by atoms with Crippen molar-refractivity contribution in [2.45, 2.75) is 0 Å². The Kier molecular flexibility index (Phi) is 6.08. The summed E-state index contributed by atoms with van der Waals surface area (Å²) in [5.74, 6) is 1.94. The van der Waals surface area contributed by atoms with Crippen molar-refractivity contribution >= 4 is 21.8 Å². The summed E-state index contributed by atoms with van der Waals surface area (Å²) in [5, 5.41) is 2.33. The highest BCUT2D eigenvalue weighted by atomic mass is 15.0. The van der Waals surface area contributed by atoms with Gasteiger partial charge in [0, 0.05) is 33.2 Å². The lowest BCUT2D eigenvalue weighted by Crippen LogP contribution is -2.02. The van der Waals surface area contributed by atoms with Crippen LogP contribution in [0.2, 0.25) is 0 Å². The largest absolute Gasteiger partial charge is 0.308 e. The number of para-hydroxylation sites is 2. The second-order valence-corrected chi connectivity index (χ2v) is 10.5. The maximum Gasteiger partial charge on any atom is 0.166 e. The molecule has 0 saturated carbocycles. The summed E-state index contributed by atoms with van der Waals surface area (Å²) in [6, 6.07) is 54.5. The quantitative estimate of drug-likeness (QED) is 0.214. The minimum atomic E-state index is 0.640. The molecule has 0 radical (unpaired) electrons. The van der Waals surface area contributed by atoms with Crippen LogP contribution in [0.4, 0.5) is 0 Å². The van der Waals surface area contributed by atoms with Gasteiger partial charge in [-0.15, -0.1) is 0 Å². The third-order valence-corrected chi connectivity index (χ3v) is 7.85. The Morgan fingerprint density at radius 1 is 0.372 bits per heavy atom. The standard InChI is InChI=1S/C39H26N4/c1-5-14-27(15-6-1)30-24-25-32-33-22-13-23-34(36(33)43(35(32)26-30)31-20-11-4-12-21-31)39-41-37(28-16-7-2-8-17-28)40-38(42-39)29-18-9-3-10-19-29/h1-26H. The van der Waals surface area contributed by atoms with Crippen LogP contribution in [-0.2, 0) is 0 Å². The lowest BCUT2D eigenvalue weighted by molar-refractivity contribution is 1.07. The Bertz CT molecular complexity index is 2150. The molecule has 2 aromatic heterocycles. The average Bonchev–Trinajstić information content (AvgIpc) is 3.43. The molecule has 0 amide bonds. The van der Waals surface area contributed by atoms with Gasteiger partial charge in [0.1, 0.15) is 0 Å². The first-order valence-electron chi connectivity index (χ1n) is 14.4. The minimum Gasteiger partial charge on any atom is -0.308 e. The van der Waals surface area contributed by atoms with Gasteiger partial charge in [0.15, 0.2) is 17.5 Å². The van der Waals surface area contributed by atoms with Crippen molar-refractivity contribution in [2.24, 2.45) is 0 Å². The van der Waals surface area contributed by atoms with Crippen molar-refractivity contribution in [3.63, 3.8) is 0 Å². The summed E-state index contributed by atoms with van der Waals surface area (Å²) < 4.78 is 2.35. The molecule has 0 fully saturated rings. The highest BCUT2D eigenvalue weighted by Crippen LogP contribution is 2.39. The fourth-order valence-electron chi connectivity index (χ4n) is 5.83. The van der Waals surface area contributed by atoms with E-state index in [9.17, 15) is 0 Å². The number of fused-ring (bicyclic) bond motifs is 3. The van der Waals surface area contributed by atoms with Crippen LogP contribution in [0.5, 0.6) is 0 Å². The molecule has 202 valence electrons. The third kappa shape index (κ3) is 4.46. The van der Waals surface area contributed by atoms with Gasteiger partial charge in [-0.2, -0.15) is 0 Å². The normalized spacial score (nSPS) is 11.3. The van der Waals surface area contributed by atoms with Gasteiger partial charge < -0.3 is 4.57 Å². The molecule has 2 heterocycles. The van der Waals surface area contributed by atoms with E-state index >= 15 is 0 Å². The highest BCUT2D eigenvalue weighted by Gasteiger charge is 2.20. The molecule has 8 aromatic rings. The Morgan fingerprint density at radius 2 is 0.907 bits per heavy atom. The Hall–Kier alpha value is -5.87. The zero-order chi connectivity index (χ0) is 28.6. The van der Waals surface area contributed by atoms with E-state index in [1.807, 2.05) is 60.7 Å². The first kappa shape index (κ1) is 24.9. The number of aromatic nitrogens is 4. The molecule has 0 aliphatic heterocycles. The Morgan fingerprint density at radius 3 is 1.51 bits per heavy atom. The summed E-state index contributed by atoms with van der Waals surface area (Å²) >= 11 is 0. The fraction of sp³-hybridized carbons (Fsp3) is 0. The Labute approximate surface area is 249 Å². The number of benzene rings is 6. The molecule has 0 aliphatic carbocycles. The molecule has 0 bridgehead atoms. The van der Waals surface area contributed by atoms with Crippen LogP contribution in [0, 0.1) is 0 Å². The molecular formula is C39H26N4. The molecule has 0 atom stereocenters. The van der Waals surface area contributed by atoms with Crippen LogP contribution in [0.25, 0.3) is 72.8 Å². The summed E-state index contributed by atoms with van der Waals surface area (Å²) in [7, 11) is 0. The number of nitrogens with zero attached hydrogens (tertiary/aromatic N) is 4. The van der Waals surface area contributed by atoms with Gasteiger partial charge in [0.25, 0.3) is 0 Å². The minimum absolute atomic E-state index is 0.640. The van der Waals surface area contributed by atoms with Crippen LogP contribution < -0.4 is 0 Å². The van der Waals surface area contributed by atoms with Gasteiger partial charge in [0.05, 0.1) is 11.0 Å². The van der Waals surface area contributed by atoms with Crippen LogP contribution >= 0.6 is 0 Å². The van der Waals surface area contributed by atoms with Crippen molar-refractivity contribution in [2.75, 3.05) is 0 Å². The SMILES string of the molecule is c1ccc(-c2ccc3c4cccc(-c5nc(-c6ccccc6)nc(-c6ccccc6)n5)c4n(-c4ccccc4)c3c2)cc1. The number of rotatable bonds is 5. The van der Waals surface area contributed by atoms with Gasteiger partial charge in [0.2, 0.25) is 0 Å². The molecular weight excluding hydrogens is 524 g/mol. The molecule has 0 unspecified atom stereocenters. The number of hydrogen-bond donors (Lipinski definition) is 0. The van der Waals surface area contributed by atoms with Crippen molar-refractivity contribution in [1.82, 2.24) is 19.5 Å². The van der Waals surface area contributed by atoms with Crippen molar-refractivity contribution in [3.05, 3.63) is 158 Å². The summed E-state index contributed by atoms with van der Waals surface area (Å²) in [6.07, 6.45) is 0.